The molecule has 0 spiro atoms. The highest BCUT2D eigenvalue weighted by molar-refractivity contribution is 5.68. The van der Waals surface area contributed by atoms with E-state index < -0.39 is 0 Å². The second kappa shape index (κ2) is 4.94. The zero-order valence-corrected chi connectivity index (χ0v) is 9.06. The number of aromatic nitrogens is 1. The number of amides is 1. The lowest BCUT2D eigenvalue weighted by Crippen LogP contribution is -2.37. The summed E-state index contributed by atoms with van der Waals surface area (Å²) < 4.78 is 4.95. The first-order chi connectivity index (χ1) is 7.79. The molecule has 2 rings (SSSR count). The number of pyridine rings is 1. The lowest BCUT2D eigenvalue weighted by atomic mass is 10.2. The van der Waals surface area contributed by atoms with Gasteiger partial charge in [0.1, 0.15) is 0 Å². The Labute approximate surface area is 94.2 Å². The van der Waals surface area contributed by atoms with Crippen molar-refractivity contribution in [2.24, 2.45) is 5.73 Å². The summed E-state index contributed by atoms with van der Waals surface area (Å²) in [6.45, 7) is 2.23. The van der Waals surface area contributed by atoms with E-state index in [1.54, 1.807) is 11.1 Å². The van der Waals surface area contributed by atoms with E-state index in [2.05, 4.69) is 4.98 Å². The maximum Gasteiger partial charge on any atom is 0.410 e. The van der Waals surface area contributed by atoms with Crippen molar-refractivity contribution in [3.05, 3.63) is 29.6 Å². The maximum atomic E-state index is 11.4. The number of hydrogen-bond acceptors (Lipinski definition) is 4. The molecule has 5 nitrogen and oxygen atoms in total. The number of cyclic esters (lactones) is 1. The second-order valence-corrected chi connectivity index (χ2v) is 3.75. The van der Waals surface area contributed by atoms with E-state index in [1.165, 1.54) is 0 Å². The van der Waals surface area contributed by atoms with Crippen molar-refractivity contribution in [1.29, 1.82) is 0 Å². The number of ether oxygens (including phenoxy) is 1. The van der Waals surface area contributed by atoms with Crippen molar-refractivity contribution in [3.8, 4) is 0 Å². The lowest BCUT2D eigenvalue weighted by Gasteiger charge is -2.25. The van der Waals surface area contributed by atoms with Gasteiger partial charge in [-0.1, -0.05) is 0 Å². The van der Waals surface area contributed by atoms with Gasteiger partial charge in [-0.05, 0) is 24.1 Å². The Bertz CT molecular complexity index is 381. The number of nitrogens with two attached hydrogens (primary N) is 1. The van der Waals surface area contributed by atoms with Gasteiger partial charge in [0, 0.05) is 19.3 Å². The first-order valence-corrected chi connectivity index (χ1v) is 5.35. The monoisotopic (exact) mass is 221 g/mol. The van der Waals surface area contributed by atoms with Crippen LogP contribution in [0.15, 0.2) is 18.3 Å². The van der Waals surface area contributed by atoms with Gasteiger partial charge in [0.2, 0.25) is 0 Å². The fourth-order valence-corrected chi connectivity index (χ4v) is 1.68. The van der Waals surface area contributed by atoms with E-state index in [1.807, 2.05) is 12.1 Å². The SMILES string of the molecule is NCc1ccnc(CN2CCCOC2=O)c1. The van der Waals surface area contributed by atoms with Gasteiger partial charge in [0.05, 0.1) is 18.8 Å². The summed E-state index contributed by atoms with van der Waals surface area (Å²) in [5.41, 5.74) is 7.42. The smallest absolute Gasteiger partial charge is 0.410 e. The Kier molecular flexibility index (Phi) is 3.36. The molecule has 5 heteroatoms. The molecule has 1 aliphatic rings. The van der Waals surface area contributed by atoms with Gasteiger partial charge in [0.15, 0.2) is 0 Å². The third-order valence-corrected chi connectivity index (χ3v) is 2.53. The molecule has 0 aromatic carbocycles. The normalized spacial score (nSPS) is 16.1. The molecule has 2 heterocycles. The summed E-state index contributed by atoms with van der Waals surface area (Å²) in [4.78, 5) is 17.3. The molecule has 0 aliphatic carbocycles. The van der Waals surface area contributed by atoms with Gasteiger partial charge in [-0.15, -0.1) is 0 Å². The molecule has 0 saturated carbocycles. The average Bonchev–Trinajstić information content (AvgIpc) is 2.32. The Morgan fingerprint density at radius 1 is 1.56 bits per heavy atom. The van der Waals surface area contributed by atoms with E-state index in [4.69, 9.17) is 10.5 Å². The third kappa shape index (κ3) is 2.49. The maximum absolute atomic E-state index is 11.4. The molecule has 16 heavy (non-hydrogen) atoms. The minimum atomic E-state index is -0.258. The van der Waals surface area contributed by atoms with Crippen LogP contribution < -0.4 is 5.73 Å². The minimum absolute atomic E-state index is 0.258. The minimum Gasteiger partial charge on any atom is -0.449 e. The molecule has 1 aliphatic heterocycles. The standard InChI is InChI=1S/C11H15N3O2/c12-7-9-2-3-13-10(6-9)8-14-4-1-5-16-11(14)15/h2-3,6H,1,4-5,7-8,12H2. The van der Waals surface area contributed by atoms with Crippen LogP contribution in [0.1, 0.15) is 17.7 Å². The summed E-state index contributed by atoms with van der Waals surface area (Å²) in [7, 11) is 0. The molecule has 1 aromatic heterocycles. The molecule has 0 radical (unpaired) electrons. The van der Waals surface area contributed by atoms with Crippen LogP contribution in [0.25, 0.3) is 0 Å². The molecular weight excluding hydrogens is 206 g/mol. The highest BCUT2D eigenvalue weighted by Crippen LogP contribution is 2.10. The largest absolute Gasteiger partial charge is 0.449 e. The molecule has 1 saturated heterocycles. The first kappa shape index (κ1) is 10.9. The number of carbonyl (C=O) groups is 1. The first-order valence-electron chi connectivity index (χ1n) is 5.35. The molecule has 86 valence electrons. The highest BCUT2D eigenvalue weighted by Gasteiger charge is 2.19. The van der Waals surface area contributed by atoms with Gasteiger partial charge in [-0.25, -0.2) is 4.79 Å². The van der Waals surface area contributed by atoms with Crippen molar-refractivity contribution in [2.75, 3.05) is 13.2 Å². The molecule has 2 N–H and O–H groups in total. The van der Waals surface area contributed by atoms with Gasteiger partial charge < -0.3 is 15.4 Å². The topological polar surface area (TPSA) is 68.4 Å². The molecule has 1 fully saturated rings. The Hall–Kier alpha value is -1.62. The summed E-state index contributed by atoms with van der Waals surface area (Å²) in [6, 6.07) is 3.79. The van der Waals surface area contributed by atoms with Gasteiger partial charge in [-0.2, -0.15) is 0 Å². The highest BCUT2D eigenvalue weighted by atomic mass is 16.6. The quantitative estimate of drug-likeness (QED) is 0.822. The molecule has 1 aromatic rings. The zero-order valence-electron chi connectivity index (χ0n) is 9.06. The third-order valence-electron chi connectivity index (χ3n) is 2.53. The molecule has 1 amide bonds. The molecule has 0 atom stereocenters. The Morgan fingerprint density at radius 3 is 3.19 bits per heavy atom. The molecular formula is C11H15N3O2. The van der Waals surface area contributed by atoms with Crippen LogP contribution in [0.2, 0.25) is 0 Å². The van der Waals surface area contributed by atoms with E-state index in [-0.39, 0.29) is 6.09 Å². The van der Waals surface area contributed by atoms with E-state index in [9.17, 15) is 4.79 Å². The van der Waals surface area contributed by atoms with Crippen LogP contribution >= 0.6 is 0 Å². The van der Waals surface area contributed by atoms with Crippen LogP contribution in [0, 0.1) is 0 Å². The van der Waals surface area contributed by atoms with E-state index in [0.29, 0.717) is 19.7 Å². The summed E-state index contributed by atoms with van der Waals surface area (Å²) >= 11 is 0. The number of hydrogen-bond donors (Lipinski definition) is 1. The van der Waals surface area contributed by atoms with Crippen molar-refractivity contribution in [3.63, 3.8) is 0 Å². The van der Waals surface area contributed by atoms with Crippen LogP contribution in [-0.4, -0.2) is 29.1 Å². The van der Waals surface area contributed by atoms with Crippen LogP contribution in [-0.2, 0) is 17.8 Å². The number of carbonyl (C=O) groups excluding carboxylic acids is 1. The average molecular weight is 221 g/mol. The Morgan fingerprint density at radius 2 is 2.44 bits per heavy atom. The van der Waals surface area contributed by atoms with Gasteiger partial charge >= 0.3 is 6.09 Å². The van der Waals surface area contributed by atoms with Gasteiger partial charge in [-0.3, -0.25) is 4.98 Å². The summed E-state index contributed by atoms with van der Waals surface area (Å²) in [5, 5.41) is 0. The van der Waals surface area contributed by atoms with Crippen LogP contribution in [0.3, 0.4) is 0 Å². The van der Waals surface area contributed by atoms with E-state index >= 15 is 0 Å². The predicted molar refractivity (Wildman–Crippen MR) is 58.5 cm³/mol. The molecule has 0 bridgehead atoms. The van der Waals surface area contributed by atoms with Crippen molar-refractivity contribution < 1.29 is 9.53 Å². The number of nitrogens with zero attached hydrogens (tertiary/aromatic N) is 2. The van der Waals surface area contributed by atoms with Crippen LogP contribution in [0.5, 0.6) is 0 Å². The fraction of sp³-hybridized carbons (Fsp3) is 0.455. The molecule has 0 unspecified atom stereocenters. The van der Waals surface area contributed by atoms with Crippen molar-refractivity contribution in [1.82, 2.24) is 9.88 Å². The Balaban J connectivity index is 2.04. The predicted octanol–water partition coefficient (Wildman–Crippen LogP) is 0.883. The number of rotatable bonds is 3. The van der Waals surface area contributed by atoms with Gasteiger partial charge in [0.25, 0.3) is 0 Å². The fourth-order valence-electron chi connectivity index (χ4n) is 1.68. The zero-order chi connectivity index (χ0) is 11.4. The van der Waals surface area contributed by atoms with Crippen molar-refractivity contribution >= 4 is 6.09 Å². The second-order valence-electron chi connectivity index (χ2n) is 3.75. The van der Waals surface area contributed by atoms with Crippen LogP contribution in [0.4, 0.5) is 4.79 Å². The summed E-state index contributed by atoms with van der Waals surface area (Å²) in [6.07, 6.45) is 2.33. The van der Waals surface area contributed by atoms with Crippen molar-refractivity contribution in [2.45, 2.75) is 19.5 Å². The summed E-state index contributed by atoms with van der Waals surface area (Å²) in [5.74, 6) is 0. The van der Waals surface area contributed by atoms with E-state index in [0.717, 1.165) is 24.2 Å². The lowest BCUT2D eigenvalue weighted by molar-refractivity contribution is 0.0695.